The standard InChI is InChI=1S/C32H37N7O2/c1-22(27-12-6-9-24-8-2-3-11-28(24)27)38-31(41)29(13-7-19-37-32(33)34)39-30(40)25-16-14-23(15-17-25)20-35-21-26-10-4-5-18-36-26/h2-6,8-12,14-18,22,29,35H,7,13,19-21H2,1H3,(H,38,41)(H,39,40)(H4,33,34,37). The average Bonchev–Trinajstić information content (AvgIpc) is 2.99. The molecule has 41 heavy (non-hydrogen) atoms. The largest absolute Gasteiger partial charge is 0.370 e. The van der Waals surface area contributed by atoms with E-state index in [1.54, 1.807) is 18.3 Å². The first-order valence-electron chi connectivity index (χ1n) is 13.7. The quantitative estimate of drug-likeness (QED) is 0.0975. The molecule has 0 aliphatic rings. The van der Waals surface area contributed by atoms with E-state index in [0.717, 1.165) is 27.6 Å². The molecule has 4 aromatic rings. The number of pyridine rings is 1. The molecule has 0 aliphatic heterocycles. The lowest BCUT2D eigenvalue weighted by Gasteiger charge is -2.22. The second-order valence-electron chi connectivity index (χ2n) is 9.90. The predicted octanol–water partition coefficient (Wildman–Crippen LogP) is 3.55. The van der Waals surface area contributed by atoms with Crippen LogP contribution in [0.1, 0.15) is 53.0 Å². The molecule has 3 aromatic carbocycles. The molecule has 0 bridgehead atoms. The third kappa shape index (κ3) is 8.61. The van der Waals surface area contributed by atoms with Crippen LogP contribution in [0.4, 0.5) is 0 Å². The number of nitrogens with one attached hydrogen (secondary N) is 3. The van der Waals surface area contributed by atoms with Crippen molar-refractivity contribution in [1.82, 2.24) is 20.9 Å². The summed E-state index contributed by atoms with van der Waals surface area (Å²) in [6.07, 6.45) is 2.68. The van der Waals surface area contributed by atoms with Gasteiger partial charge in [-0.1, -0.05) is 60.7 Å². The number of guanidine groups is 1. The van der Waals surface area contributed by atoms with E-state index in [1.165, 1.54) is 0 Å². The fourth-order valence-corrected chi connectivity index (χ4v) is 4.65. The van der Waals surface area contributed by atoms with Crippen molar-refractivity contribution in [1.29, 1.82) is 0 Å². The van der Waals surface area contributed by atoms with Crippen molar-refractivity contribution in [2.24, 2.45) is 16.5 Å². The molecule has 4 rings (SSSR count). The van der Waals surface area contributed by atoms with E-state index in [0.29, 0.717) is 38.0 Å². The molecule has 9 heteroatoms. The Morgan fingerprint density at radius 2 is 1.63 bits per heavy atom. The van der Waals surface area contributed by atoms with Crippen LogP contribution in [0.15, 0.2) is 96.1 Å². The minimum absolute atomic E-state index is 0.00535. The second-order valence-corrected chi connectivity index (χ2v) is 9.90. The van der Waals surface area contributed by atoms with Gasteiger partial charge < -0.3 is 27.4 Å². The number of rotatable bonds is 13. The summed E-state index contributed by atoms with van der Waals surface area (Å²) < 4.78 is 0. The maximum absolute atomic E-state index is 13.4. The fourth-order valence-electron chi connectivity index (χ4n) is 4.65. The predicted molar refractivity (Wildman–Crippen MR) is 163 cm³/mol. The molecule has 0 saturated carbocycles. The molecule has 7 N–H and O–H groups in total. The number of aliphatic imine (C=N–C) groups is 1. The molecule has 2 amide bonds. The smallest absolute Gasteiger partial charge is 0.251 e. The Hall–Kier alpha value is -4.76. The fraction of sp³-hybridized carbons (Fsp3) is 0.250. The van der Waals surface area contributed by atoms with Crippen LogP contribution in [0.25, 0.3) is 10.8 Å². The number of amides is 2. The van der Waals surface area contributed by atoms with Gasteiger partial charge in [-0.3, -0.25) is 19.6 Å². The van der Waals surface area contributed by atoms with E-state index in [1.807, 2.05) is 79.7 Å². The van der Waals surface area contributed by atoms with Gasteiger partial charge in [-0.25, -0.2) is 0 Å². The Bertz CT molecular complexity index is 1460. The molecule has 1 aromatic heterocycles. The summed E-state index contributed by atoms with van der Waals surface area (Å²) in [5.74, 6) is -0.592. The maximum atomic E-state index is 13.4. The Morgan fingerprint density at radius 1 is 0.878 bits per heavy atom. The van der Waals surface area contributed by atoms with E-state index in [4.69, 9.17) is 11.5 Å². The summed E-state index contributed by atoms with van der Waals surface area (Å²) in [7, 11) is 0. The molecular formula is C32H37N7O2. The Kier molecular flexibility index (Phi) is 10.4. The van der Waals surface area contributed by atoms with E-state index in [9.17, 15) is 9.59 Å². The molecule has 0 spiro atoms. The SMILES string of the molecule is CC(NC(=O)C(CCCN=C(N)N)NC(=O)c1ccc(CNCc2ccccn2)cc1)c1cccc2ccccc12. The van der Waals surface area contributed by atoms with Gasteiger partial charge >= 0.3 is 0 Å². The third-order valence-corrected chi connectivity index (χ3v) is 6.79. The number of nitrogens with two attached hydrogens (primary N) is 2. The molecular weight excluding hydrogens is 514 g/mol. The molecule has 0 radical (unpaired) electrons. The van der Waals surface area contributed by atoms with Gasteiger partial charge in [0, 0.05) is 31.4 Å². The van der Waals surface area contributed by atoms with Crippen molar-refractivity contribution < 1.29 is 9.59 Å². The second kappa shape index (κ2) is 14.6. The van der Waals surface area contributed by atoms with Gasteiger partial charge in [0.25, 0.3) is 5.91 Å². The number of fused-ring (bicyclic) bond motifs is 1. The normalized spacial score (nSPS) is 12.3. The van der Waals surface area contributed by atoms with E-state index in [2.05, 4.69) is 25.9 Å². The van der Waals surface area contributed by atoms with Gasteiger partial charge in [0.1, 0.15) is 6.04 Å². The number of hydrogen-bond donors (Lipinski definition) is 5. The van der Waals surface area contributed by atoms with Crippen LogP contribution in [-0.4, -0.2) is 35.3 Å². The number of benzene rings is 3. The molecule has 0 fully saturated rings. The van der Waals surface area contributed by atoms with Crippen LogP contribution < -0.4 is 27.4 Å². The molecule has 2 unspecified atom stereocenters. The molecule has 0 saturated heterocycles. The highest BCUT2D eigenvalue weighted by Crippen LogP contribution is 2.24. The van der Waals surface area contributed by atoms with Gasteiger partial charge in [-0.05, 0) is 65.9 Å². The average molecular weight is 552 g/mol. The zero-order valence-electron chi connectivity index (χ0n) is 23.2. The number of carbonyl (C=O) groups excluding carboxylic acids is 2. The highest BCUT2D eigenvalue weighted by molar-refractivity contribution is 5.97. The highest BCUT2D eigenvalue weighted by Gasteiger charge is 2.23. The van der Waals surface area contributed by atoms with Gasteiger partial charge in [0.2, 0.25) is 5.91 Å². The Balaban J connectivity index is 1.39. The Labute approximate surface area is 240 Å². The van der Waals surface area contributed by atoms with Crippen LogP contribution in [-0.2, 0) is 17.9 Å². The van der Waals surface area contributed by atoms with Gasteiger partial charge in [0.15, 0.2) is 5.96 Å². The molecule has 212 valence electrons. The molecule has 0 aliphatic carbocycles. The van der Waals surface area contributed by atoms with Gasteiger partial charge in [-0.15, -0.1) is 0 Å². The van der Waals surface area contributed by atoms with Crippen LogP contribution in [0.5, 0.6) is 0 Å². The van der Waals surface area contributed by atoms with Crippen molar-refractivity contribution >= 4 is 28.5 Å². The summed E-state index contributed by atoms with van der Waals surface area (Å²) >= 11 is 0. The first kappa shape index (κ1) is 29.2. The van der Waals surface area contributed by atoms with Crippen molar-refractivity contribution in [3.63, 3.8) is 0 Å². The number of aromatic nitrogens is 1. The molecule has 2 atom stereocenters. The minimum Gasteiger partial charge on any atom is -0.370 e. The topological polar surface area (TPSA) is 148 Å². The van der Waals surface area contributed by atoms with Crippen LogP contribution >= 0.6 is 0 Å². The van der Waals surface area contributed by atoms with Crippen molar-refractivity contribution in [2.45, 2.75) is 44.9 Å². The first-order chi connectivity index (χ1) is 19.9. The van der Waals surface area contributed by atoms with Crippen molar-refractivity contribution in [2.75, 3.05) is 6.54 Å². The van der Waals surface area contributed by atoms with E-state index >= 15 is 0 Å². The molecule has 1 heterocycles. The van der Waals surface area contributed by atoms with Crippen LogP contribution in [0.3, 0.4) is 0 Å². The van der Waals surface area contributed by atoms with Crippen LogP contribution in [0.2, 0.25) is 0 Å². The van der Waals surface area contributed by atoms with Gasteiger partial charge in [0.05, 0.1) is 11.7 Å². The first-order valence-corrected chi connectivity index (χ1v) is 13.7. The summed E-state index contributed by atoms with van der Waals surface area (Å²) in [5, 5.41) is 11.5. The summed E-state index contributed by atoms with van der Waals surface area (Å²) in [6.45, 7) is 3.59. The lowest BCUT2D eigenvalue weighted by Crippen LogP contribution is -2.47. The highest BCUT2D eigenvalue weighted by atomic mass is 16.2. The van der Waals surface area contributed by atoms with Crippen LogP contribution in [0, 0.1) is 0 Å². The van der Waals surface area contributed by atoms with E-state index in [-0.39, 0.29) is 23.8 Å². The third-order valence-electron chi connectivity index (χ3n) is 6.79. The lowest BCUT2D eigenvalue weighted by atomic mass is 9.99. The van der Waals surface area contributed by atoms with Crippen molar-refractivity contribution in [3.05, 3.63) is 114 Å². The van der Waals surface area contributed by atoms with Gasteiger partial charge in [-0.2, -0.15) is 0 Å². The molecule has 9 nitrogen and oxygen atoms in total. The van der Waals surface area contributed by atoms with Crippen molar-refractivity contribution in [3.8, 4) is 0 Å². The number of hydrogen-bond acceptors (Lipinski definition) is 5. The summed E-state index contributed by atoms with van der Waals surface area (Å²) in [5.41, 5.74) is 14.4. The summed E-state index contributed by atoms with van der Waals surface area (Å²) in [6, 6.07) is 26.2. The lowest BCUT2D eigenvalue weighted by molar-refractivity contribution is -0.123. The summed E-state index contributed by atoms with van der Waals surface area (Å²) in [4.78, 5) is 34.9. The zero-order chi connectivity index (χ0) is 29.0. The minimum atomic E-state index is -0.756. The maximum Gasteiger partial charge on any atom is 0.251 e. The zero-order valence-corrected chi connectivity index (χ0v) is 23.2. The Morgan fingerprint density at radius 3 is 2.39 bits per heavy atom. The number of nitrogens with zero attached hydrogens (tertiary/aromatic N) is 2. The number of carbonyl (C=O) groups is 2. The van der Waals surface area contributed by atoms with E-state index < -0.39 is 6.04 Å². The monoisotopic (exact) mass is 551 g/mol.